The quantitative estimate of drug-likeness (QED) is 0.704. The van der Waals surface area contributed by atoms with Crippen LogP contribution in [0.5, 0.6) is 0 Å². The number of hydrogen-bond acceptors (Lipinski definition) is 4. The van der Waals surface area contributed by atoms with Gasteiger partial charge in [0.15, 0.2) is 0 Å². The maximum Gasteiger partial charge on any atom is 0.321 e. The van der Waals surface area contributed by atoms with E-state index in [1.165, 1.54) is 6.92 Å². The Hall–Kier alpha value is -1.41. The third-order valence-corrected chi connectivity index (χ3v) is 5.00. The molecule has 0 aromatic heterocycles. The predicted molar refractivity (Wildman–Crippen MR) is 81.6 cm³/mol. The van der Waals surface area contributed by atoms with E-state index in [1.807, 2.05) is 0 Å². The van der Waals surface area contributed by atoms with Crippen LogP contribution in [-0.2, 0) is 15.6 Å². The Morgan fingerprint density at radius 2 is 2.10 bits per heavy atom. The third-order valence-electron chi connectivity index (χ3n) is 2.44. The molecule has 1 rings (SSSR count). The lowest BCUT2D eigenvalue weighted by molar-refractivity contribution is -0.119. The van der Waals surface area contributed by atoms with Gasteiger partial charge in [-0.2, -0.15) is 0 Å². The van der Waals surface area contributed by atoms with Crippen LogP contribution in [0.1, 0.15) is 13.8 Å². The standard InChI is InChI=1S/C12H16BrN3O3S/c1-3-15-12(18)16-11(17)7(2)20(19)10-5-4-8(14)6-9(10)13/h4-7H,3,14H2,1-2H3,(H2,15,16,17,18). The van der Waals surface area contributed by atoms with Crippen molar-refractivity contribution in [2.75, 3.05) is 12.3 Å². The van der Waals surface area contributed by atoms with Gasteiger partial charge in [0.25, 0.3) is 0 Å². The summed E-state index contributed by atoms with van der Waals surface area (Å²) in [5, 5.41) is 3.71. The number of benzene rings is 1. The van der Waals surface area contributed by atoms with Crippen molar-refractivity contribution >= 4 is 44.4 Å². The topological polar surface area (TPSA) is 101 Å². The zero-order chi connectivity index (χ0) is 15.3. The molecular weight excluding hydrogens is 346 g/mol. The van der Waals surface area contributed by atoms with Crippen molar-refractivity contribution in [2.45, 2.75) is 24.0 Å². The molecule has 1 aromatic carbocycles. The van der Waals surface area contributed by atoms with E-state index in [0.717, 1.165) is 0 Å². The van der Waals surface area contributed by atoms with Crippen molar-refractivity contribution in [1.29, 1.82) is 0 Å². The molecule has 0 fully saturated rings. The summed E-state index contributed by atoms with van der Waals surface area (Å²) < 4.78 is 12.9. The summed E-state index contributed by atoms with van der Waals surface area (Å²) in [5.74, 6) is -0.599. The molecular formula is C12H16BrN3O3S. The first-order valence-electron chi connectivity index (χ1n) is 5.91. The largest absolute Gasteiger partial charge is 0.399 e. The Morgan fingerprint density at radius 3 is 2.65 bits per heavy atom. The number of carbonyl (C=O) groups is 2. The van der Waals surface area contributed by atoms with E-state index in [0.29, 0.717) is 21.6 Å². The van der Waals surface area contributed by atoms with Gasteiger partial charge in [-0.3, -0.25) is 14.3 Å². The third kappa shape index (κ3) is 4.31. The van der Waals surface area contributed by atoms with E-state index >= 15 is 0 Å². The van der Waals surface area contributed by atoms with Gasteiger partial charge in [0.1, 0.15) is 5.25 Å². The van der Waals surface area contributed by atoms with Gasteiger partial charge in [0.05, 0.1) is 15.7 Å². The maximum atomic E-state index is 12.3. The highest BCUT2D eigenvalue weighted by molar-refractivity contribution is 9.10. The Bertz CT molecular complexity index is 551. The number of nitrogens with one attached hydrogen (secondary N) is 2. The Balaban J connectivity index is 2.80. The van der Waals surface area contributed by atoms with Gasteiger partial charge in [-0.25, -0.2) is 4.79 Å². The Kier molecular flexibility index (Phi) is 6.15. The number of rotatable bonds is 4. The molecule has 110 valence electrons. The highest BCUT2D eigenvalue weighted by Crippen LogP contribution is 2.24. The number of hydrogen-bond donors (Lipinski definition) is 3. The Labute approximate surface area is 128 Å². The van der Waals surface area contributed by atoms with E-state index in [1.54, 1.807) is 25.1 Å². The lowest BCUT2D eigenvalue weighted by Gasteiger charge is -2.13. The van der Waals surface area contributed by atoms with Gasteiger partial charge < -0.3 is 11.1 Å². The molecule has 0 saturated heterocycles. The molecule has 0 aliphatic rings. The summed E-state index contributed by atoms with van der Waals surface area (Å²) in [5.41, 5.74) is 6.13. The molecule has 0 spiro atoms. The number of urea groups is 1. The normalized spacial score (nSPS) is 13.3. The van der Waals surface area contributed by atoms with E-state index < -0.39 is 28.0 Å². The average Bonchev–Trinajstić information content (AvgIpc) is 2.37. The molecule has 0 aliphatic carbocycles. The van der Waals surface area contributed by atoms with Crippen LogP contribution in [0.2, 0.25) is 0 Å². The van der Waals surface area contributed by atoms with Crippen molar-refractivity contribution < 1.29 is 13.8 Å². The predicted octanol–water partition coefficient (Wildman–Crippen LogP) is 1.37. The summed E-state index contributed by atoms with van der Waals surface area (Å²) in [6, 6.07) is 4.21. The smallest absolute Gasteiger partial charge is 0.321 e. The monoisotopic (exact) mass is 361 g/mol. The van der Waals surface area contributed by atoms with Crippen molar-refractivity contribution in [3.05, 3.63) is 22.7 Å². The highest BCUT2D eigenvalue weighted by Gasteiger charge is 2.24. The van der Waals surface area contributed by atoms with Gasteiger partial charge in [-0.15, -0.1) is 0 Å². The molecule has 0 bridgehead atoms. The number of amides is 3. The molecule has 0 radical (unpaired) electrons. The molecule has 4 N–H and O–H groups in total. The van der Waals surface area contributed by atoms with Crippen LogP contribution in [0.4, 0.5) is 10.5 Å². The minimum absolute atomic E-state index is 0.403. The number of imide groups is 1. The number of anilines is 1. The summed E-state index contributed by atoms with van der Waals surface area (Å²) >= 11 is 3.26. The molecule has 20 heavy (non-hydrogen) atoms. The second kappa shape index (κ2) is 7.39. The molecule has 0 saturated carbocycles. The number of nitrogen functional groups attached to an aromatic ring is 1. The van der Waals surface area contributed by atoms with Crippen LogP contribution in [0.15, 0.2) is 27.6 Å². The zero-order valence-electron chi connectivity index (χ0n) is 11.1. The molecule has 2 unspecified atom stereocenters. The molecule has 3 amide bonds. The van der Waals surface area contributed by atoms with Crippen molar-refractivity contribution in [2.24, 2.45) is 0 Å². The molecule has 1 aromatic rings. The molecule has 6 nitrogen and oxygen atoms in total. The van der Waals surface area contributed by atoms with Crippen molar-refractivity contribution in [3.8, 4) is 0 Å². The first-order valence-corrected chi connectivity index (χ1v) is 7.91. The van der Waals surface area contributed by atoms with Crippen LogP contribution in [0, 0.1) is 0 Å². The molecule has 0 heterocycles. The minimum Gasteiger partial charge on any atom is -0.399 e. The van der Waals surface area contributed by atoms with E-state index in [9.17, 15) is 13.8 Å². The van der Waals surface area contributed by atoms with Gasteiger partial charge in [0, 0.05) is 16.7 Å². The van der Waals surface area contributed by atoms with Crippen LogP contribution < -0.4 is 16.4 Å². The fourth-order valence-electron chi connectivity index (χ4n) is 1.39. The van der Waals surface area contributed by atoms with Crippen LogP contribution in [-0.4, -0.2) is 27.9 Å². The second-order valence-electron chi connectivity index (χ2n) is 3.98. The van der Waals surface area contributed by atoms with Crippen LogP contribution in [0.25, 0.3) is 0 Å². The minimum atomic E-state index is -1.59. The van der Waals surface area contributed by atoms with Crippen LogP contribution in [0.3, 0.4) is 0 Å². The van der Waals surface area contributed by atoms with E-state index in [-0.39, 0.29) is 0 Å². The van der Waals surface area contributed by atoms with Gasteiger partial charge in [-0.1, -0.05) is 0 Å². The summed E-state index contributed by atoms with van der Waals surface area (Å²) in [4.78, 5) is 23.5. The molecule has 8 heteroatoms. The molecule has 0 aliphatic heterocycles. The fraction of sp³-hybridized carbons (Fsp3) is 0.333. The Morgan fingerprint density at radius 1 is 1.45 bits per heavy atom. The van der Waals surface area contributed by atoms with Gasteiger partial charge in [0.2, 0.25) is 5.91 Å². The lowest BCUT2D eigenvalue weighted by Crippen LogP contribution is -2.44. The van der Waals surface area contributed by atoms with Crippen molar-refractivity contribution in [1.82, 2.24) is 10.6 Å². The van der Waals surface area contributed by atoms with E-state index in [4.69, 9.17) is 5.73 Å². The summed E-state index contributed by atoms with van der Waals surface area (Å²) in [6.07, 6.45) is 0. The van der Waals surface area contributed by atoms with Crippen molar-refractivity contribution in [3.63, 3.8) is 0 Å². The van der Waals surface area contributed by atoms with Gasteiger partial charge >= 0.3 is 6.03 Å². The lowest BCUT2D eigenvalue weighted by atomic mass is 10.3. The van der Waals surface area contributed by atoms with Gasteiger partial charge in [-0.05, 0) is 48.0 Å². The molecule has 2 atom stereocenters. The first-order chi connectivity index (χ1) is 9.36. The highest BCUT2D eigenvalue weighted by atomic mass is 79.9. The summed E-state index contributed by atoms with van der Waals surface area (Å²) in [7, 11) is -1.59. The number of carbonyl (C=O) groups excluding carboxylic acids is 2. The number of halogens is 1. The van der Waals surface area contributed by atoms with Crippen LogP contribution >= 0.6 is 15.9 Å². The SMILES string of the molecule is CCNC(=O)NC(=O)C(C)S(=O)c1ccc(N)cc1Br. The maximum absolute atomic E-state index is 12.3. The zero-order valence-corrected chi connectivity index (χ0v) is 13.5. The summed E-state index contributed by atoms with van der Waals surface area (Å²) in [6.45, 7) is 3.63. The second-order valence-corrected chi connectivity index (χ2v) is 6.57. The number of nitrogens with two attached hydrogens (primary N) is 1. The first kappa shape index (κ1) is 16.6. The average molecular weight is 362 g/mol. The van der Waals surface area contributed by atoms with E-state index in [2.05, 4.69) is 26.6 Å². The fourth-order valence-corrected chi connectivity index (χ4v) is 3.35.